The number of carbonyl (C=O) groups excluding carboxylic acids is 1. The van der Waals surface area contributed by atoms with Crippen LogP contribution in [0.5, 0.6) is 0 Å². The largest absolute Gasteiger partial charge is 0.444 e. The molecule has 1 amide bonds. The predicted octanol–water partition coefficient (Wildman–Crippen LogP) is 0.712. The Morgan fingerprint density at radius 1 is 1.50 bits per heavy atom. The van der Waals surface area contributed by atoms with E-state index in [1.54, 1.807) is 11.7 Å². The van der Waals surface area contributed by atoms with Crippen molar-refractivity contribution in [3.05, 3.63) is 11.9 Å². The third-order valence-electron chi connectivity index (χ3n) is 3.54. The van der Waals surface area contributed by atoms with E-state index in [1.165, 1.54) is 11.1 Å². The second-order valence-corrected chi connectivity index (χ2v) is 8.00. The van der Waals surface area contributed by atoms with Gasteiger partial charge in [0.1, 0.15) is 10.5 Å². The van der Waals surface area contributed by atoms with Crippen molar-refractivity contribution in [1.82, 2.24) is 14.7 Å². The molecule has 0 aliphatic carbocycles. The topological polar surface area (TPSA) is 108 Å². The minimum absolute atomic E-state index is 0.0610. The molecule has 22 heavy (non-hydrogen) atoms. The molecule has 2 rings (SSSR count). The van der Waals surface area contributed by atoms with Crippen LogP contribution in [0.4, 0.5) is 4.79 Å². The van der Waals surface area contributed by atoms with E-state index in [4.69, 9.17) is 9.88 Å². The highest BCUT2D eigenvalue weighted by Crippen LogP contribution is 2.24. The van der Waals surface area contributed by atoms with Crippen molar-refractivity contribution < 1.29 is 17.9 Å². The van der Waals surface area contributed by atoms with E-state index in [9.17, 15) is 13.2 Å². The Hall–Kier alpha value is -1.61. The zero-order chi connectivity index (χ0) is 16.7. The van der Waals surface area contributed by atoms with Crippen LogP contribution in [0.15, 0.2) is 11.1 Å². The number of amides is 1. The molecule has 0 fully saturated rings. The molecule has 0 radical (unpaired) electrons. The fourth-order valence-electron chi connectivity index (χ4n) is 2.43. The molecule has 124 valence electrons. The molecule has 0 saturated heterocycles. The highest BCUT2D eigenvalue weighted by Gasteiger charge is 2.31. The van der Waals surface area contributed by atoms with Crippen LogP contribution in [-0.2, 0) is 27.7 Å². The van der Waals surface area contributed by atoms with Crippen molar-refractivity contribution >= 4 is 16.1 Å². The van der Waals surface area contributed by atoms with Gasteiger partial charge in [0.05, 0.1) is 24.5 Å². The number of ether oxygens (including phenoxy) is 1. The number of hydrogen-bond acceptors (Lipinski definition) is 5. The summed E-state index contributed by atoms with van der Waals surface area (Å²) in [6.45, 7) is 5.84. The fourth-order valence-corrected chi connectivity index (χ4v) is 3.16. The summed E-state index contributed by atoms with van der Waals surface area (Å²) in [5.74, 6) is 0. The standard InChI is InChI=1S/C13H22N4O4S/c1-13(2,3)21-12(18)16(4)9-5-6-10-11(22(14,19)20)7-15-17(10)8-9/h7,9H,5-6,8H2,1-4H3,(H2,14,19,20)/t9-/m0/s1. The van der Waals surface area contributed by atoms with Gasteiger partial charge in [-0.25, -0.2) is 18.4 Å². The maximum atomic E-state index is 12.1. The monoisotopic (exact) mass is 330 g/mol. The van der Waals surface area contributed by atoms with Crippen molar-refractivity contribution in [1.29, 1.82) is 0 Å². The van der Waals surface area contributed by atoms with Gasteiger partial charge in [-0.05, 0) is 33.6 Å². The maximum absolute atomic E-state index is 12.1. The quantitative estimate of drug-likeness (QED) is 0.859. The number of aromatic nitrogens is 2. The average Bonchev–Trinajstić information content (AvgIpc) is 2.78. The summed E-state index contributed by atoms with van der Waals surface area (Å²) in [6, 6.07) is -0.101. The van der Waals surface area contributed by atoms with Crippen LogP contribution < -0.4 is 5.14 Å². The summed E-state index contributed by atoms with van der Waals surface area (Å²) < 4.78 is 29.9. The molecule has 1 atom stereocenters. The summed E-state index contributed by atoms with van der Waals surface area (Å²) in [4.78, 5) is 13.7. The van der Waals surface area contributed by atoms with Gasteiger partial charge < -0.3 is 9.64 Å². The highest BCUT2D eigenvalue weighted by molar-refractivity contribution is 7.89. The first-order chi connectivity index (χ1) is 9.99. The van der Waals surface area contributed by atoms with Gasteiger partial charge >= 0.3 is 6.09 Å². The minimum atomic E-state index is -3.77. The number of hydrogen-bond donors (Lipinski definition) is 1. The van der Waals surface area contributed by atoms with Gasteiger partial charge in [-0.1, -0.05) is 0 Å². The molecule has 1 aliphatic heterocycles. The van der Waals surface area contributed by atoms with E-state index in [0.29, 0.717) is 25.1 Å². The Morgan fingerprint density at radius 2 is 2.14 bits per heavy atom. The van der Waals surface area contributed by atoms with Gasteiger partial charge in [-0.15, -0.1) is 0 Å². The van der Waals surface area contributed by atoms with Crippen LogP contribution in [0.3, 0.4) is 0 Å². The maximum Gasteiger partial charge on any atom is 0.410 e. The second kappa shape index (κ2) is 5.54. The number of fused-ring (bicyclic) bond motifs is 1. The number of rotatable bonds is 2. The summed E-state index contributed by atoms with van der Waals surface area (Å²) in [5, 5.41) is 9.24. The molecule has 2 N–H and O–H groups in total. The number of nitrogens with two attached hydrogens (primary N) is 1. The predicted molar refractivity (Wildman–Crippen MR) is 79.7 cm³/mol. The Balaban J connectivity index is 2.13. The molecule has 0 bridgehead atoms. The molecule has 1 aromatic rings. The van der Waals surface area contributed by atoms with Crippen molar-refractivity contribution in [2.24, 2.45) is 5.14 Å². The third kappa shape index (κ3) is 3.58. The van der Waals surface area contributed by atoms with Gasteiger partial charge in [0.15, 0.2) is 0 Å². The van der Waals surface area contributed by atoms with Gasteiger partial charge in [-0.2, -0.15) is 5.10 Å². The molecule has 0 saturated carbocycles. The lowest BCUT2D eigenvalue weighted by Gasteiger charge is -2.33. The zero-order valence-electron chi connectivity index (χ0n) is 13.2. The molecule has 0 unspecified atom stereocenters. The first-order valence-corrected chi connectivity index (χ1v) is 8.57. The molecule has 8 nitrogen and oxygen atoms in total. The van der Waals surface area contributed by atoms with Crippen molar-refractivity contribution in [2.45, 2.75) is 56.7 Å². The molecule has 0 spiro atoms. The Morgan fingerprint density at radius 3 is 2.68 bits per heavy atom. The van der Waals surface area contributed by atoms with Crippen molar-refractivity contribution in [3.63, 3.8) is 0 Å². The minimum Gasteiger partial charge on any atom is -0.444 e. The van der Waals surface area contributed by atoms with Gasteiger partial charge in [0.2, 0.25) is 10.0 Å². The Kier molecular flexibility index (Phi) is 4.22. The number of carbonyl (C=O) groups is 1. The van der Waals surface area contributed by atoms with Crippen LogP contribution in [0.25, 0.3) is 0 Å². The molecule has 2 heterocycles. The van der Waals surface area contributed by atoms with Crippen LogP contribution in [0, 0.1) is 0 Å². The summed E-state index contributed by atoms with van der Waals surface area (Å²) in [6.07, 6.45) is 1.98. The first-order valence-electron chi connectivity index (χ1n) is 7.02. The molecular weight excluding hydrogens is 308 g/mol. The van der Waals surface area contributed by atoms with E-state index < -0.39 is 21.7 Å². The number of likely N-dealkylation sites (N-methyl/N-ethyl adjacent to an activating group) is 1. The summed E-state index contributed by atoms with van der Waals surface area (Å²) in [5.41, 5.74) is 0.0360. The van der Waals surface area contributed by atoms with Crippen LogP contribution in [-0.4, -0.2) is 47.9 Å². The molecule has 1 aromatic heterocycles. The van der Waals surface area contributed by atoms with Gasteiger partial charge in [0.25, 0.3) is 0 Å². The van der Waals surface area contributed by atoms with E-state index >= 15 is 0 Å². The smallest absolute Gasteiger partial charge is 0.410 e. The van der Waals surface area contributed by atoms with Gasteiger partial charge in [-0.3, -0.25) is 4.68 Å². The van der Waals surface area contributed by atoms with Crippen LogP contribution >= 0.6 is 0 Å². The number of sulfonamides is 1. The highest BCUT2D eigenvalue weighted by atomic mass is 32.2. The van der Waals surface area contributed by atoms with E-state index in [2.05, 4.69) is 5.10 Å². The van der Waals surface area contributed by atoms with Crippen molar-refractivity contribution in [3.8, 4) is 0 Å². The lowest BCUT2D eigenvalue weighted by molar-refractivity contribution is 0.0183. The lowest BCUT2D eigenvalue weighted by Crippen LogP contribution is -2.45. The van der Waals surface area contributed by atoms with E-state index in [0.717, 1.165) is 0 Å². The summed E-state index contributed by atoms with van der Waals surface area (Å²) >= 11 is 0. The van der Waals surface area contributed by atoms with Crippen LogP contribution in [0.2, 0.25) is 0 Å². The Bertz CT molecular complexity index is 675. The normalized spacial score (nSPS) is 18.7. The first kappa shape index (κ1) is 16.8. The van der Waals surface area contributed by atoms with Crippen molar-refractivity contribution in [2.75, 3.05) is 7.05 Å². The molecule has 0 aromatic carbocycles. The molecule has 1 aliphatic rings. The van der Waals surface area contributed by atoms with E-state index in [1.807, 2.05) is 20.8 Å². The third-order valence-corrected chi connectivity index (χ3v) is 4.50. The number of primary sulfonamides is 1. The summed E-state index contributed by atoms with van der Waals surface area (Å²) in [7, 11) is -2.09. The SMILES string of the molecule is CN(C(=O)OC(C)(C)C)[C@H]1CCc2c(S(N)(=O)=O)cnn2C1. The lowest BCUT2D eigenvalue weighted by atomic mass is 10.0. The molecule has 9 heteroatoms. The second-order valence-electron chi connectivity index (χ2n) is 6.47. The molecular formula is C13H22N4O4S. The Labute approximate surface area is 130 Å². The zero-order valence-corrected chi connectivity index (χ0v) is 14.1. The van der Waals surface area contributed by atoms with Crippen LogP contribution in [0.1, 0.15) is 32.9 Å². The van der Waals surface area contributed by atoms with Gasteiger partial charge in [0, 0.05) is 7.05 Å². The average molecular weight is 330 g/mol. The van der Waals surface area contributed by atoms with E-state index in [-0.39, 0.29) is 10.9 Å². The number of nitrogens with zero attached hydrogens (tertiary/aromatic N) is 3. The fraction of sp³-hybridized carbons (Fsp3) is 0.692.